The van der Waals surface area contributed by atoms with Gasteiger partial charge in [0, 0.05) is 18.6 Å². The van der Waals surface area contributed by atoms with Crippen LogP contribution in [0.5, 0.6) is 5.75 Å². The fourth-order valence-electron chi connectivity index (χ4n) is 4.04. The van der Waals surface area contributed by atoms with Crippen LogP contribution in [-0.2, 0) is 16.0 Å². The molecule has 0 saturated carbocycles. The monoisotopic (exact) mass is 432 g/mol. The average molecular weight is 433 g/mol. The fraction of sp³-hybridized carbons (Fsp3) is 0.615. The highest BCUT2D eigenvalue weighted by Crippen LogP contribution is 2.25. The number of carbonyl (C=O) groups excluding carboxylic acids is 1. The van der Waals surface area contributed by atoms with E-state index in [2.05, 4.69) is 0 Å². The van der Waals surface area contributed by atoms with E-state index in [4.69, 9.17) is 10.2 Å². The number of rotatable bonds is 18. The molecule has 0 saturated heterocycles. The van der Waals surface area contributed by atoms with Crippen molar-refractivity contribution in [2.24, 2.45) is 17.8 Å². The zero-order valence-corrected chi connectivity index (χ0v) is 18.9. The molecule has 0 heterocycles. The van der Waals surface area contributed by atoms with Gasteiger partial charge in [0.2, 0.25) is 0 Å². The summed E-state index contributed by atoms with van der Waals surface area (Å²) < 4.78 is 0. The first-order valence-corrected chi connectivity index (χ1v) is 11.7. The van der Waals surface area contributed by atoms with Gasteiger partial charge in [-0.15, -0.1) is 0 Å². The van der Waals surface area contributed by atoms with Gasteiger partial charge in [-0.3, -0.25) is 0 Å². The van der Waals surface area contributed by atoms with Gasteiger partial charge >= 0.3 is 5.97 Å². The number of unbranched alkanes of at least 4 members (excludes halogenated alkanes) is 2. The van der Waals surface area contributed by atoms with Crippen molar-refractivity contribution in [3.63, 3.8) is 0 Å². The third-order valence-corrected chi connectivity index (χ3v) is 5.90. The van der Waals surface area contributed by atoms with Crippen LogP contribution in [-0.4, -0.2) is 34.2 Å². The standard InChI is InChI=1S/C26H40O5/c1-21(20-28)7-3-2-4-8-23(19-24-12-15-25(29)16-13-24)10-5-9-22(11-6-18-27)14-17-26(30)31/h12-17,20-23,27,29H,2-11,18-19H2,1H3,(H,30,31)/b17-14+/t21-,22-,23+/m0/s1. The molecule has 0 radical (unpaired) electrons. The molecule has 0 aliphatic carbocycles. The maximum Gasteiger partial charge on any atom is 0.327 e. The normalized spacial score (nSPS) is 14.4. The summed E-state index contributed by atoms with van der Waals surface area (Å²) in [6.07, 6.45) is 14.9. The summed E-state index contributed by atoms with van der Waals surface area (Å²) in [4.78, 5) is 21.6. The van der Waals surface area contributed by atoms with Gasteiger partial charge in [-0.2, -0.15) is 0 Å². The minimum atomic E-state index is -0.928. The summed E-state index contributed by atoms with van der Waals surface area (Å²) in [7, 11) is 0. The molecule has 1 aromatic carbocycles. The molecule has 31 heavy (non-hydrogen) atoms. The lowest BCUT2D eigenvalue weighted by Gasteiger charge is -2.19. The third-order valence-electron chi connectivity index (χ3n) is 5.90. The van der Waals surface area contributed by atoms with Crippen LogP contribution in [0.1, 0.15) is 76.7 Å². The first kappa shape index (κ1) is 26.9. The number of aliphatic hydroxyl groups excluding tert-OH is 1. The number of allylic oxidation sites excluding steroid dienone is 1. The van der Waals surface area contributed by atoms with Crippen molar-refractivity contribution in [1.29, 1.82) is 0 Å². The summed E-state index contributed by atoms with van der Waals surface area (Å²) in [5.74, 6) is 0.213. The maximum atomic E-state index is 10.8. The molecular formula is C26H40O5. The van der Waals surface area contributed by atoms with Gasteiger partial charge in [0.25, 0.3) is 0 Å². The molecule has 0 aromatic heterocycles. The van der Waals surface area contributed by atoms with Crippen LogP contribution in [0, 0.1) is 17.8 Å². The second-order valence-electron chi connectivity index (χ2n) is 8.74. The lowest BCUT2D eigenvalue weighted by molar-refractivity contribution is -0.131. The van der Waals surface area contributed by atoms with Crippen LogP contribution >= 0.6 is 0 Å². The topological polar surface area (TPSA) is 94.8 Å². The summed E-state index contributed by atoms with van der Waals surface area (Å²) >= 11 is 0. The zero-order chi connectivity index (χ0) is 22.9. The van der Waals surface area contributed by atoms with Gasteiger partial charge in [0.05, 0.1) is 0 Å². The first-order valence-electron chi connectivity index (χ1n) is 11.7. The SMILES string of the molecule is C[C@H](C=O)CCCCC[C@H](CCC[C@H](/C=C/C(=O)O)CCCO)Cc1ccc(O)cc1. The zero-order valence-electron chi connectivity index (χ0n) is 18.9. The number of aliphatic carboxylic acids is 1. The van der Waals surface area contributed by atoms with E-state index in [9.17, 15) is 14.7 Å². The Morgan fingerprint density at radius 3 is 2.23 bits per heavy atom. The fourth-order valence-corrected chi connectivity index (χ4v) is 4.04. The summed E-state index contributed by atoms with van der Waals surface area (Å²) in [6, 6.07) is 7.42. The summed E-state index contributed by atoms with van der Waals surface area (Å²) in [6.45, 7) is 2.09. The Balaban J connectivity index is 2.56. The predicted octanol–water partition coefficient (Wildman–Crippen LogP) is 5.54. The van der Waals surface area contributed by atoms with Gasteiger partial charge < -0.3 is 20.1 Å². The lowest BCUT2D eigenvalue weighted by atomic mass is 9.87. The molecule has 0 aliphatic heterocycles. The number of aromatic hydroxyl groups is 1. The first-order chi connectivity index (χ1) is 14.9. The van der Waals surface area contributed by atoms with Crippen LogP contribution in [0.2, 0.25) is 0 Å². The quantitative estimate of drug-likeness (QED) is 0.161. The van der Waals surface area contributed by atoms with Gasteiger partial charge in [-0.25, -0.2) is 4.79 Å². The van der Waals surface area contributed by atoms with E-state index in [1.165, 1.54) is 11.6 Å². The Hall–Kier alpha value is -2.14. The molecule has 0 bridgehead atoms. The van der Waals surface area contributed by atoms with Crippen LogP contribution in [0.25, 0.3) is 0 Å². The van der Waals surface area contributed by atoms with E-state index in [1.807, 2.05) is 19.1 Å². The highest BCUT2D eigenvalue weighted by atomic mass is 16.4. The minimum absolute atomic E-state index is 0.129. The van der Waals surface area contributed by atoms with Crippen molar-refractivity contribution in [3.8, 4) is 5.75 Å². The van der Waals surface area contributed by atoms with Crippen molar-refractivity contribution in [2.75, 3.05) is 6.61 Å². The van der Waals surface area contributed by atoms with Crippen LogP contribution in [0.4, 0.5) is 0 Å². The number of phenols is 1. The number of hydrogen-bond acceptors (Lipinski definition) is 4. The van der Waals surface area contributed by atoms with Gasteiger partial charge in [-0.05, 0) is 61.6 Å². The van der Waals surface area contributed by atoms with Crippen LogP contribution < -0.4 is 0 Å². The van der Waals surface area contributed by atoms with E-state index in [-0.39, 0.29) is 24.2 Å². The number of aldehydes is 1. The van der Waals surface area contributed by atoms with Gasteiger partial charge in [0.15, 0.2) is 0 Å². The number of carboxylic acids is 1. The molecule has 0 aliphatic rings. The van der Waals surface area contributed by atoms with Crippen molar-refractivity contribution in [2.45, 2.75) is 77.6 Å². The van der Waals surface area contributed by atoms with E-state index in [0.29, 0.717) is 12.3 Å². The number of phenolic OH excluding ortho intramolecular Hbond substituents is 1. The van der Waals surface area contributed by atoms with E-state index in [0.717, 1.165) is 70.5 Å². The maximum absolute atomic E-state index is 10.8. The van der Waals surface area contributed by atoms with Gasteiger partial charge in [0.1, 0.15) is 12.0 Å². The second-order valence-corrected chi connectivity index (χ2v) is 8.74. The predicted molar refractivity (Wildman–Crippen MR) is 124 cm³/mol. The minimum Gasteiger partial charge on any atom is -0.508 e. The van der Waals surface area contributed by atoms with Crippen LogP contribution in [0.15, 0.2) is 36.4 Å². The highest BCUT2D eigenvalue weighted by Gasteiger charge is 2.13. The van der Waals surface area contributed by atoms with E-state index >= 15 is 0 Å². The third kappa shape index (κ3) is 13.7. The molecule has 174 valence electrons. The second kappa shape index (κ2) is 16.5. The number of aliphatic hydroxyl groups is 1. The Morgan fingerprint density at radius 1 is 0.935 bits per heavy atom. The molecule has 3 N–H and O–H groups in total. The molecule has 0 fully saturated rings. The van der Waals surface area contributed by atoms with Crippen molar-refractivity contribution in [3.05, 3.63) is 42.0 Å². The Labute approximate surface area is 187 Å². The molecule has 5 heteroatoms. The van der Waals surface area contributed by atoms with Crippen molar-refractivity contribution >= 4 is 12.3 Å². The number of carbonyl (C=O) groups is 2. The summed E-state index contributed by atoms with van der Waals surface area (Å²) in [5, 5.41) is 27.5. The van der Waals surface area contributed by atoms with Crippen molar-refractivity contribution in [1.82, 2.24) is 0 Å². The van der Waals surface area contributed by atoms with Crippen molar-refractivity contribution < 1.29 is 24.9 Å². The summed E-state index contributed by atoms with van der Waals surface area (Å²) in [5.41, 5.74) is 1.22. The number of hydrogen-bond donors (Lipinski definition) is 3. The number of carboxylic acid groups (broad SMARTS) is 1. The van der Waals surface area contributed by atoms with E-state index in [1.54, 1.807) is 18.2 Å². The molecule has 0 unspecified atom stereocenters. The highest BCUT2D eigenvalue weighted by molar-refractivity contribution is 5.79. The lowest BCUT2D eigenvalue weighted by Crippen LogP contribution is -2.07. The van der Waals surface area contributed by atoms with Gasteiger partial charge in [-0.1, -0.05) is 63.7 Å². The molecule has 1 rings (SSSR count). The Bertz CT molecular complexity index is 638. The van der Waals surface area contributed by atoms with E-state index < -0.39 is 5.97 Å². The molecule has 0 amide bonds. The molecule has 3 atom stereocenters. The average Bonchev–Trinajstić information content (AvgIpc) is 2.75. The Kier molecular flexibility index (Phi) is 14.3. The largest absolute Gasteiger partial charge is 0.508 e. The molecular weight excluding hydrogens is 392 g/mol. The number of benzene rings is 1. The van der Waals surface area contributed by atoms with Crippen LogP contribution in [0.3, 0.4) is 0 Å². The molecule has 1 aromatic rings. The Morgan fingerprint density at radius 2 is 1.58 bits per heavy atom. The smallest absolute Gasteiger partial charge is 0.327 e. The molecule has 0 spiro atoms. The molecule has 5 nitrogen and oxygen atoms in total.